The summed E-state index contributed by atoms with van der Waals surface area (Å²) >= 11 is 1.37. The maximum Gasteiger partial charge on any atom is 0.345 e. The molecule has 124 valence electrons. The van der Waals surface area contributed by atoms with E-state index in [9.17, 15) is 14.7 Å². The molecule has 0 saturated carbocycles. The van der Waals surface area contributed by atoms with Crippen LogP contribution in [-0.2, 0) is 21.8 Å². The molecule has 6 nitrogen and oxygen atoms in total. The van der Waals surface area contributed by atoms with Crippen molar-refractivity contribution in [2.24, 2.45) is 0 Å². The van der Waals surface area contributed by atoms with Gasteiger partial charge in [0.25, 0.3) is 0 Å². The van der Waals surface area contributed by atoms with Gasteiger partial charge in [-0.05, 0) is 29.5 Å². The lowest BCUT2D eigenvalue weighted by atomic mass is 9.89. The van der Waals surface area contributed by atoms with E-state index in [1.807, 2.05) is 41.8 Å². The molecule has 4 rings (SSSR count). The molecule has 2 bridgehead atoms. The monoisotopic (exact) mass is 344 g/mol. The molecule has 3 heterocycles. The molecule has 24 heavy (non-hydrogen) atoms. The number of nitrogens with zero attached hydrogens (tertiary/aromatic N) is 2. The van der Waals surface area contributed by atoms with Crippen molar-refractivity contribution in [2.45, 2.75) is 25.1 Å². The molecule has 2 aromatic rings. The lowest BCUT2D eigenvalue weighted by Gasteiger charge is -2.36. The topological polar surface area (TPSA) is 70.1 Å². The molecule has 2 amide bonds. The summed E-state index contributed by atoms with van der Waals surface area (Å²) in [5.41, 5.74) is 0.468. The predicted molar refractivity (Wildman–Crippen MR) is 87.2 cm³/mol. The van der Waals surface area contributed by atoms with E-state index in [2.05, 4.69) is 0 Å². The fourth-order valence-electron chi connectivity index (χ4n) is 3.35. The van der Waals surface area contributed by atoms with Crippen molar-refractivity contribution >= 4 is 23.3 Å². The Hall–Kier alpha value is -2.38. The second-order valence-electron chi connectivity index (χ2n) is 6.08. The Bertz CT molecular complexity index is 806. The molecule has 2 atom stereocenters. The summed E-state index contributed by atoms with van der Waals surface area (Å²) in [5.74, 6) is -1.03. The number of thiophene rings is 1. The summed E-state index contributed by atoms with van der Waals surface area (Å²) in [7, 11) is 0. The minimum Gasteiger partial charge on any atom is -0.479 e. The third-order valence-electron chi connectivity index (χ3n) is 4.72. The molecule has 0 spiro atoms. The predicted octanol–water partition coefficient (Wildman–Crippen LogP) is 2.97. The molecule has 1 aromatic carbocycles. The Kier molecular flexibility index (Phi) is 3.36. The average Bonchev–Trinajstić information content (AvgIpc) is 3.17. The summed E-state index contributed by atoms with van der Waals surface area (Å²) in [6, 6.07) is 10.8. The molecule has 2 aliphatic heterocycles. The van der Waals surface area contributed by atoms with Crippen LogP contribution >= 0.6 is 11.3 Å². The van der Waals surface area contributed by atoms with Crippen molar-refractivity contribution in [1.29, 1.82) is 0 Å². The van der Waals surface area contributed by atoms with Gasteiger partial charge in [0.15, 0.2) is 5.54 Å². The quantitative estimate of drug-likeness (QED) is 0.926. The number of carbonyl (C=O) groups is 2. The Labute approximate surface area is 142 Å². The molecular weight excluding hydrogens is 328 g/mol. The number of carboxylic acid groups (broad SMARTS) is 1. The normalized spacial score (nSPS) is 25.0. The highest BCUT2D eigenvalue weighted by Crippen LogP contribution is 2.49. The lowest BCUT2D eigenvalue weighted by molar-refractivity contribution is -0.149. The number of hydroxylamine groups is 2. The standard InChI is InChI=1S/C17H16N2O4S/c1-17(15(20)21)14-12(7-8-24-14)13-9-18(17)16(22)19(13)23-10-11-5-3-2-4-6-11/h2-8,13H,9-10H2,1H3,(H,20,21)/t13-,17?/m1/s1. The van der Waals surface area contributed by atoms with Crippen LogP contribution in [0.1, 0.15) is 29.0 Å². The Morgan fingerprint density at radius 1 is 1.38 bits per heavy atom. The summed E-state index contributed by atoms with van der Waals surface area (Å²) in [6.07, 6.45) is 0. The second kappa shape index (κ2) is 5.32. The number of rotatable bonds is 4. The van der Waals surface area contributed by atoms with Crippen LogP contribution in [0.3, 0.4) is 0 Å². The summed E-state index contributed by atoms with van der Waals surface area (Å²) in [4.78, 5) is 32.5. The van der Waals surface area contributed by atoms with Crippen LogP contribution in [0.5, 0.6) is 0 Å². The average molecular weight is 344 g/mol. The van der Waals surface area contributed by atoms with Crippen LogP contribution < -0.4 is 0 Å². The van der Waals surface area contributed by atoms with Gasteiger partial charge in [-0.2, -0.15) is 5.06 Å². The fraction of sp³-hybridized carbons (Fsp3) is 0.294. The van der Waals surface area contributed by atoms with Crippen LogP contribution in [0.4, 0.5) is 4.79 Å². The summed E-state index contributed by atoms with van der Waals surface area (Å²) < 4.78 is 0. The molecular formula is C17H16N2O4S. The first-order valence-corrected chi connectivity index (χ1v) is 8.50. The Morgan fingerprint density at radius 2 is 2.12 bits per heavy atom. The SMILES string of the molecule is CC1(C(=O)O)c2sccc2[C@H]2CN1C(=O)N2OCc1ccccc1. The first-order valence-electron chi connectivity index (χ1n) is 7.62. The first-order chi connectivity index (χ1) is 11.5. The van der Waals surface area contributed by atoms with E-state index < -0.39 is 17.5 Å². The van der Waals surface area contributed by atoms with Gasteiger partial charge in [-0.15, -0.1) is 11.3 Å². The van der Waals surface area contributed by atoms with E-state index in [0.29, 0.717) is 11.4 Å². The molecule has 1 N–H and O–H groups in total. The van der Waals surface area contributed by atoms with Gasteiger partial charge in [-0.1, -0.05) is 30.3 Å². The molecule has 0 radical (unpaired) electrons. The number of hydrogen-bond acceptors (Lipinski definition) is 4. The molecule has 1 saturated heterocycles. The van der Waals surface area contributed by atoms with Crippen LogP contribution in [0.2, 0.25) is 0 Å². The summed E-state index contributed by atoms with van der Waals surface area (Å²) in [5, 5.41) is 12.9. The highest BCUT2D eigenvalue weighted by molar-refractivity contribution is 7.10. The molecule has 2 aliphatic rings. The van der Waals surface area contributed by atoms with Gasteiger partial charge >= 0.3 is 12.0 Å². The maximum atomic E-state index is 12.8. The maximum absolute atomic E-state index is 12.8. The van der Waals surface area contributed by atoms with Crippen LogP contribution in [-0.4, -0.2) is 33.6 Å². The fourth-order valence-corrected chi connectivity index (χ4v) is 4.47. The number of fused-ring (bicyclic) bond motifs is 4. The minimum atomic E-state index is -1.35. The van der Waals surface area contributed by atoms with Gasteiger partial charge in [-0.3, -0.25) is 9.74 Å². The second-order valence-corrected chi connectivity index (χ2v) is 6.99. The first kappa shape index (κ1) is 15.2. The van der Waals surface area contributed by atoms with Gasteiger partial charge in [0.05, 0.1) is 6.54 Å². The van der Waals surface area contributed by atoms with Gasteiger partial charge in [-0.25, -0.2) is 9.59 Å². The number of carboxylic acids is 1. The number of aliphatic carboxylic acids is 1. The van der Waals surface area contributed by atoms with Gasteiger partial charge in [0, 0.05) is 4.88 Å². The Balaban J connectivity index is 1.67. The van der Waals surface area contributed by atoms with Gasteiger partial charge < -0.3 is 5.11 Å². The van der Waals surface area contributed by atoms with Crippen molar-refractivity contribution in [3.63, 3.8) is 0 Å². The zero-order valence-corrected chi connectivity index (χ0v) is 13.8. The number of urea groups is 1. The van der Waals surface area contributed by atoms with Crippen molar-refractivity contribution in [3.05, 3.63) is 57.8 Å². The largest absolute Gasteiger partial charge is 0.479 e. The number of hydrogen-bond donors (Lipinski definition) is 1. The molecule has 0 aliphatic carbocycles. The lowest BCUT2D eigenvalue weighted by Crippen LogP contribution is -2.52. The van der Waals surface area contributed by atoms with Crippen LogP contribution in [0, 0.1) is 0 Å². The zero-order chi connectivity index (χ0) is 16.9. The number of carbonyl (C=O) groups excluding carboxylic acids is 1. The van der Waals surface area contributed by atoms with Crippen molar-refractivity contribution in [1.82, 2.24) is 9.96 Å². The molecule has 7 heteroatoms. The van der Waals surface area contributed by atoms with Crippen LogP contribution in [0.25, 0.3) is 0 Å². The zero-order valence-electron chi connectivity index (χ0n) is 13.0. The van der Waals surface area contributed by atoms with E-state index in [1.165, 1.54) is 21.3 Å². The van der Waals surface area contributed by atoms with E-state index in [4.69, 9.17) is 4.84 Å². The third-order valence-corrected chi connectivity index (χ3v) is 5.87. The van der Waals surface area contributed by atoms with Crippen molar-refractivity contribution < 1.29 is 19.5 Å². The molecule has 1 fully saturated rings. The highest BCUT2D eigenvalue weighted by atomic mass is 32.1. The highest BCUT2D eigenvalue weighted by Gasteiger charge is 2.58. The van der Waals surface area contributed by atoms with Crippen LogP contribution in [0.15, 0.2) is 41.8 Å². The minimum absolute atomic E-state index is 0.264. The van der Waals surface area contributed by atoms with Crippen molar-refractivity contribution in [3.8, 4) is 0 Å². The van der Waals surface area contributed by atoms with Gasteiger partial charge in [0.2, 0.25) is 0 Å². The van der Waals surface area contributed by atoms with E-state index in [-0.39, 0.29) is 12.6 Å². The smallest absolute Gasteiger partial charge is 0.345 e. The molecule has 1 aromatic heterocycles. The Morgan fingerprint density at radius 3 is 2.83 bits per heavy atom. The van der Waals surface area contributed by atoms with Gasteiger partial charge in [0.1, 0.15) is 12.6 Å². The molecule has 1 unspecified atom stereocenters. The number of benzene rings is 1. The number of amides is 2. The van der Waals surface area contributed by atoms with Crippen molar-refractivity contribution in [2.75, 3.05) is 6.54 Å². The summed E-state index contributed by atoms with van der Waals surface area (Å²) in [6.45, 7) is 2.17. The third kappa shape index (κ3) is 1.98. The van der Waals surface area contributed by atoms with E-state index in [0.717, 1.165) is 11.1 Å². The van der Waals surface area contributed by atoms with E-state index in [1.54, 1.807) is 6.92 Å². The van der Waals surface area contributed by atoms with E-state index >= 15 is 0 Å².